The average Bonchev–Trinajstić information content (AvgIpc) is 3.60. The monoisotopic (exact) mass is 591 g/mol. The molecule has 0 aliphatic carbocycles. The van der Waals surface area contributed by atoms with Gasteiger partial charge in [0, 0.05) is 18.0 Å². The second-order valence-corrected chi connectivity index (χ2v) is 12.1. The average molecular weight is 592 g/mol. The molecule has 1 fully saturated rings. The van der Waals surface area contributed by atoms with Gasteiger partial charge in [0.15, 0.2) is 11.4 Å². The lowest BCUT2D eigenvalue weighted by molar-refractivity contribution is -0.143. The highest BCUT2D eigenvalue weighted by Crippen LogP contribution is 2.32. The van der Waals surface area contributed by atoms with Crippen LogP contribution in [0.4, 0.5) is 0 Å². The summed E-state index contributed by atoms with van der Waals surface area (Å²) in [5, 5.41) is 0. The first-order valence-corrected chi connectivity index (χ1v) is 15.7. The van der Waals surface area contributed by atoms with E-state index in [-0.39, 0.29) is 24.2 Å². The van der Waals surface area contributed by atoms with Gasteiger partial charge in [-0.3, -0.25) is 14.2 Å². The summed E-state index contributed by atoms with van der Waals surface area (Å²) < 4.78 is 13.4. The fourth-order valence-electron chi connectivity index (χ4n) is 4.98. The fraction of sp³-hybridized carbons (Fsp3) is 0.355. The number of thiazole rings is 1. The molecule has 5 rings (SSSR count). The maximum absolute atomic E-state index is 13.8. The zero-order chi connectivity index (χ0) is 29.1. The van der Waals surface area contributed by atoms with Crippen molar-refractivity contribution in [1.82, 2.24) is 9.47 Å². The van der Waals surface area contributed by atoms with Crippen molar-refractivity contribution in [1.29, 1.82) is 0 Å². The quantitative estimate of drug-likeness (QED) is 0.292. The summed E-state index contributed by atoms with van der Waals surface area (Å²) in [5.74, 6) is 0.110. The van der Waals surface area contributed by atoms with Gasteiger partial charge in [-0.15, -0.1) is 11.8 Å². The van der Waals surface area contributed by atoms with E-state index in [1.54, 1.807) is 49.2 Å². The minimum atomic E-state index is -0.653. The third-order valence-electron chi connectivity index (χ3n) is 7.01. The lowest BCUT2D eigenvalue weighted by atomic mass is 9.96. The lowest BCUT2D eigenvalue weighted by Crippen LogP contribution is -2.40. The van der Waals surface area contributed by atoms with E-state index < -0.39 is 12.0 Å². The molecule has 2 aliphatic heterocycles. The minimum absolute atomic E-state index is 0.00253. The maximum atomic E-state index is 13.8. The first-order valence-electron chi connectivity index (χ1n) is 13.6. The predicted molar refractivity (Wildman–Crippen MR) is 161 cm³/mol. The van der Waals surface area contributed by atoms with Crippen LogP contribution in [0.15, 0.2) is 74.5 Å². The lowest BCUT2D eigenvalue weighted by Gasteiger charge is -2.25. The number of fused-ring (bicyclic) bond motifs is 1. The van der Waals surface area contributed by atoms with Crippen molar-refractivity contribution in [2.75, 3.05) is 26.0 Å². The summed E-state index contributed by atoms with van der Waals surface area (Å²) in [6, 6.07) is 14.5. The molecule has 0 saturated carbocycles. The van der Waals surface area contributed by atoms with E-state index in [1.165, 1.54) is 11.3 Å². The van der Waals surface area contributed by atoms with E-state index in [2.05, 4.69) is 4.99 Å². The number of benzene rings is 2. The van der Waals surface area contributed by atoms with E-state index in [4.69, 9.17) is 9.47 Å². The van der Waals surface area contributed by atoms with Crippen molar-refractivity contribution in [2.24, 2.45) is 4.99 Å². The van der Waals surface area contributed by atoms with Gasteiger partial charge >= 0.3 is 5.97 Å². The highest BCUT2D eigenvalue weighted by Gasteiger charge is 2.33. The molecular weight excluding hydrogens is 558 g/mol. The van der Waals surface area contributed by atoms with Crippen molar-refractivity contribution in [2.45, 2.75) is 50.7 Å². The molecule has 2 aromatic carbocycles. The summed E-state index contributed by atoms with van der Waals surface area (Å²) in [5.41, 5.74) is 2.29. The van der Waals surface area contributed by atoms with Crippen LogP contribution in [-0.4, -0.2) is 53.4 Å². The maximum Gasteiger partial charge on any atom is 0.338 e. The Balaban J connectivity index is 1.47. The number of carbonyl (C=O) groups is 2. The van der Waals surface area contributed by atoms with Gasteiger partial charge in [-0.1, -0.05) is 35.6 Å². The molecule has 0 radical (unpaired) electrons. The van der Waals surface area contributed by atoms with Crippen LogP contribution in [0.3, 0.4) is 0 Å². The SMILES string of the molecule is CSc1ccc([C@H]2C(C(=O)OC(C)C)=C(C)N=c3s/c(=C\c4ccc(OCC(=O)N5CCCC5)cc4)c(=O)n32)cc1. The molecule has 3 heterocycles. The fourth-order valence-corrected chi connectivity index (χ4v) is 6.43. The first-order chi connectivity index (χ1) is 19.7. The second-order valence-electron chi connectivity index (χ2n) is 10.3. The van der Waals surface area contributed by atoms with Crippen molar-refractivity contribution >= 4 is 41.1 Å². The second kappa shape index (κ2) is 12.5. The number of esters is 1. The molecule has 1 saturated heterocycles. The van der Waals surface area contributed by atoms with Crippen LogP contribution in [0.25, 0.3) is 6.08 Å². The zero-order valence-corrected chi connectivity index (χ0v) is 25.2. The molecule has 2 aliphatic rings. The summed E-state index contributed by atoms with van der Waals surface area (Å²) >= 11 is 2.91. The van der Waals surface area contributed by atoms with Crippen LogP contribution in [-0.2, 0) is 14.3 Å². The molecule has 1 aromatic heterocycles. The molecule has 41 heavy (non-hydrogen) atoms. The number of rotatable bonds is 8. The molecule has 0 unspecified atom stereocenters. The predicted octanol–water partition coefficient (Wildman–Crippen LogP) is 3.91. The van der Waals surface area contributed by atoms with E-state index >= 15 is 0 Å². The number of amides is 1. The van der Waals surface area contributed by atoms with Crippen molar-refractivity contribution in [3.63, 3.8) is 0 Å². The molecule has 3 aromatic rings. The number of nitrogens with zero attached hydrogens (tertiary/aromatic N) is 3. The van der Waals surface area contributed by atoms with Gasteiger partial charge in [-0.2, -0.15) is 0 Å². The van der Waals surface area contributed by atoms with Crippen molar-refractivity contribution < 1.29 is 19.1 Å². The van der Waals surface area contributed by atoms with E-state index in [9.17, 15) is 14.4 Å². The topological polar surface area (TPSA) is 90.2 Å². The van der Waals surface area contributed by atoms with Crippen LogP contribution >= 0.6 is 23.1 Å². The molecule has 8 nitrogen and oxygen atoms in total. The van der Waals surface area contributed by atoms with Crippen LogP contribution in [0.2, 0.25) is 0 Å². The van der Waals surface area contributed by atoms with Gasteiger partial charge in [0.05, 0.1) is 27.9 Å². The van der Waals surface area contributed by atoms with Gasteiger partial charge in [0.1, 0.15) is 5.75 Å². The molecule has 0 spiro atoms. The van der Waals surface area contributed by atoms with Gasteiger partial charge in [0.2, 0.25) is 0 Å². The molecule has 10 heteroatoms. The summed E-state index contributed by atoms with van der Waals surface area (Å²) in [7, 11) is 0. The van der Waals surface area contributed by atoms with E-state index in [0.717, 1.165) is 42.0 Å². The third-order valence-corrected chi connectivity index (χ3v) is 8.74. The number of allylic oxidation sites excluding steroid dienone is 1. The van der Waals surface area contributed by atoms with Crippen molar-refractivity contribution in [3.8, 4) is 5.75 Å². The largest absolute Gasteiger partial charge is 0.484 e. The van der Waals surface area contributed by atoms with Crippen LogP contribution in [0.5, 0.6) is 5.75 Å². The molecule has 1 amide bonds. The number of hydrogen-bond donors (Lipinski definition) is 0. The Bertz CT molecular complexity index is 1650. The number of likely N-dealkylation sites (tertiary alicyclic amines) is 1. The summed E-state index contributed by atoms with van der Waals surface area (Å²) in [6.07, 6.45) is 5.58. The number of aromatic nitrogens is 1. The Morgan fingerprint density at radius 1 is 1.10 bits per heavy atom. The number of carbonyl (C=O) groups excluding carboxylic acids is 2. The van der Waals surface area contributed by atoms with Crippen molar-refractivity contribution in [3.05, 3.63) is 90.6 Å². The minimum Gasteiger partial charge on any atom is -0.484 e. The van der Waals surface area contributed by atoms with Gasteiger partial charge in [-0.25, -0.2) is 9.79 Å². The number of ether oxygens (including phenoxy) is 2. The number of thioether (sulfide) groups is 1. The molecular formula is C31H33N3O5S2. The highest BCUT2D eigenvalue weighted by molar-refractivity contribution is 7.98. The Labute approximate surface area is 247 Å². The molecule has 0 bridgehead atoms. The number of hydrogen-bond acceptors (Lipinski definition) is 8. The smallest absolute Gasteiger partial charge is 0.338 e. The van der Waals surface area contributed by atoms with Crippen LogP contribution in [0.1, 0.15) is 50.8 Å². The summed E-state index contributed by atoms with van der Waals surface area (Å²) in [6.45, 7) is 6.98. The Hall–Kier alpha value is -3.63. The van der Waals surface area contributed by atoms with Gasteiger partial charge < -0.3 is 14.4 Å². The van der Waals surface area contributed by atoms with Gasteiger partial charge in [-0.05, 0) is 81.3 Å². The Morgan fingerprint density at radius 2 is 1.78 bits per heavy atom. The third kappa shape index (κ3) is 6.33. The van der Waals surface area contributed by atoms with Crippen LogP contribution < -0.4 is 19.6 Å². The summed E-state index contributed by atoms with van der Waals surface area (Å²) in [4.78, 5) is 47.4. The first kappa shape index (κ1) is 28.9. The molecule has 214 valence electrons. The standard InChI is InChI=1S/C31H33N3O5S2/c1-19(2)39-30(37)27-20(3)32-31-34(28(27)22-9-13-24(40-4)14-10-22)29(36)25(41-31)17-21-7-11-23(12-8-21)38-18-26(35)33-15-5-6-16-33/h7-14,17,19,28H,5-6,15-16,18H2,1-4H3/b25-17-/t28-/m0/s1. The van der Waals surface area contributed by atoms with E-state index in [1.807, 2.05) is 53.6 Å². The van der Waals surface area contributed by atoms with Crippen LogP contribution in [0, 0.1) is 0 Å². The Morgan fingerprint density at radius 3 is 2.41 bits per heavy atom. The Kier molecular flexibility index (Phi) is 8.79. The molecule has 1 atom stereocenters. The van der Waals surface area contributed by atoms with Gasteiger partial charge in [0.25, 0.3) is 11.5 Å². The van der Waals surface area contributed by atoms with E-state index in [0.29, 0.717) is 26.4 Å². The highest BCUT2D eigenvalue weighted by atomic mass is 32.2. The molecule has 0 N–H and O–H groups in total. The normalized spacial score (nSPS) is 17.0. The zero-order valence-electron chi connectivity index (χ0n) is 23.6.